The third kappa shape index (κ3) is 4.53. The zero-order valence-electron chi connectivity index (χ0n) is 10.8. The van der Waals surface area contributed by atoms with Crippen LogP contribution in [0.2, 0.25) is 0 Å². The molecule has 0 aliphatic carbocycles. The molecule has 2 rings (SSSR count). The van der Waals surface area contributed by atoms with Crippen molar-refractivity contribution in [3.63, 3.8) is 0 Å². The Morgan fingerprint density at radius 3 is 2.84 bits per heavy atom. The van der Waals surface area contributed by atoms with Gasteiger partial charge in [0, 0.05) is 35.3 Å². The lowest BCUT2D eigenvalue weighted by molar-refractivity contribution is 0.0945. The van der Waals surface area contributed by atoms with E-state index in [4.69, 9.17) is 9.84 Å². The molecule has 1 aliphatic heterocycles. The lowest BCUT2D eigenvalue weighted by atomic mass is 10.1. The van der Waals surface area contributed by atoms with Gasteiger partial charge in [0.15, 0.2) is 0 Å². The Labute approximate surface area is 117 Å². The summed E-state index contributed by atoms with van der Waals surface area (Å²) in [6.45, 7) is 2.39. The van der Waals surface area contributed by atoms with Crippen molar-refractivity contribution in [1.82, 2.24) is 5.32 Å². The van der Waals surface area contributed by atoms with E-state index in [0.29, 0.717) is 23.8 Å². The van der Waals surface area contributed by atoms with Crippen LogP contribution in [0.3, 0.4) is 0 Å². The normalized spacial score (nSPS) is 18.5. The van der Waals surface area contributed by atoms with Crippen LogP contribution in [0.1, 0.15) is 16.8 Å². The Kier molecular flexibility index (Phi) is 5.69. The van der Waals surface area contributed by atoms with Gasteiger partial charge in [-0.1, -0.05) is 0 Å². The van der Waals surface area contributed by atoms with E-state index in [9.17, 15) is 4.79 Å². The Morgan fingerprint density at radius 2 is 2.21 bits per heavy atom. The van der Waals surface area contributed by atoms with E-state index < -0.39 is 0 Å². The second-order valence-corrected chi connectivity index (χ2v) is 5.70. The first-order valence-electron chi connectivity index (χ1n) is 6.49. The summed E-state index contributed by atoms with van der Waals surface area (Å²) in [6, 6.07) is 7.46. The predicted octanol–water partition coefficient (Wildman–Crippen LogP) is 1.54. The molecule has 104 valence electrons. The lowest BCUT2D eigenvalue weighted by Gasteiger charge is -2.09. The van der Waals surface area contributed by atoms with Gasteiger partial charge in [0.2, 0.25) is 0 Å². The van der Waals surface area contributed by atoms with Crippen molar-refractivity contribution in [3.05, 3.63) is 29.8 Å². The quantitative estimate of drug-likeness (QED) is 0.777. The van der Waals surface area contributed by atoms with Gasteiger partial charge in [-0.2, -0.15) is 0 Å². The van der Waals surface area contributed by atoms with Gasteiger partial charge in [0.25, 0.3) is 5.91 Å². The molecule has 1 aliphatic rings. The maximum absolute atomic E-state index is 11.9. The van der Waals surface area contributed by atoms with Crippen molar-refractivity contribution in [2.24, 2.45) is 5.92 Å². The van der Waals surface area contributed by atoms with E-state index in [1.807, 2.05) is 24.3 Å². The van der Waals surface area contributed by atoms with Gasteiger partial charge in [0.1, 0.15) is 0 Å². The van der Waals surface area contributed by atoms with Gasteiger partial charge in [-0.05, 0) is 30.7 Å². The zero-order chi connectivity index (χ0) is 13.5. The highest BCUT2D eigenvalue weighted by Gasteiger charge is 2.16. The monoisotopic (exact) mass is 281 g/mol. The molecule has 5 heteroatoms. The minimum absolute atomic E-state index is 0.0365. The van der Waals surface area contributed by atoms with Crippen molar-refractivity contribution in [3.8, 4) is 0 Å². The smallest absolute Gasteiger partial charge is 0.251 e. The molecule has 0 radical (unpaired) electrons. The largest absolute Gasteiger partial charge is 0.396 e. The van der Waals surface area contributed by atoms with E-state index in [1.54, 1.807) is 11.8 Å². The SMILES string of the molecule is O=C(NC[C@@H]1CCOC1)c1ccc(SCCO)cc1. The second-order valence-electron chi connectivity index (χ2n) is 4.54. The molecule has 1 saturated heterocycles. The Balaban J connectivity index is 1.81. The van der Waals surface area contributed by atoms with Crippen LogP contribution < -0.4 is 5.32 Å². The first kappa shape index (κ1) is 14.4. The molecule has 0 aromatic heterocycles. The van der Waals surface area contributed by atoms with E-state index in [1.165, 1.54) is 0 Å². The van der Waals surface area contributed by atoms with Crippen molar-refractivity contribution >= 4 is 17.7 Å². The number of thioether (sulfide) groups is 1. The third-order valence-corrected chi connectivity index (χ3v) is 4.04. The molecule has 0 spiro atoms. The van der Waals surface area contributed by atoms with Crippen LogP contribution in [0.25, 0.3) is 0 Å². The number of carbonyl (C=O) groups excluding carboxylic acids is 1. The maximum atomic E-state index is 11.9. The van der Waals surface area contributed by atoms with Crippen molar-refractivity contribution < 1.29 is 14.6 Å². The van der Waals surface area contributed by atoms with Crippen LogP contribution in [0.5, 0.6) is 0 Å². The summed E-state index contributed by atoms with van der Waals surface area (Å²) in [6.07, 6.45) is 1.02. The average molecular weight is 281 g/mol. The highest BCUT2D eigenvalue weighted by Crippen LogP contribution is 2.18. The number of hydrogen-bond acceptors (Lipinski definition) is 4. The highest BCUT2D eigenvalue weighted by atomic mass is 32.2. The molecule has 2 N–H and O–H groups in total. The summed E-state index contributed by atoms with van der Waals surface area (Å²) < 4.78 is 5.27. The number of aliphatic hydroxyl groups excluding tert-OH is 1. The fourth-order valence-electron chi connectivity index (χ4n) is 1.95. The molecule has 19 heavy (non-hydrogen) atoms. The van der Waals surface area contributed by atoms with Crippen LogP contribution in [0.4, 0.5) is 0 Å². The van der Waals surface area contributed by atoms with Crippen LogP contribution >= 0.6 is 11.8 Å². The summed E-state index contributed by atoms with van der Waals surface area (Å²) in [4.78, 5) is 13.0. The fourth-order valence-corrected chi connectivity index (χ4v) is 2.60. The minimum Gasteiger partial charge on any atom is -0.396 e. The summed E-state index contributed by atoms with van der Waals surface area (Å²) in [5.41, 5.74) is 0.673. The van der Waals surface area contributed by atoms with Gasteiger partial charge >= 0.3 is 0 Å². The van der Waals surface area contributed by atoms with Crippen LogP contribution in [0, 0.1) is 5.92 Å². The van der Waals surface area contributed by atoms with E-state index in [0.717, 1.165) is 24.5 Å². The molecule has 1 atom stereocenters. The van der Waals surface area contributed by atoms with Crippen LogP contribution in [-0.2, 0) is 4.74 Å². The summed E-state index contributed by atoms with van der Waals surface area (Å²) in [5, 5.41) is 11.7. The van der Waals surface area contributed by atoms with E-state index in [2.05, 4.69) is 5.32 Å². The molecule has 1 fully saturated rings. The predicted molar refractivity (Wildman–Crippen MR) is 75.5 cm³/mol. The fraction of sp³-hybridized carbons (Fsp3) is 0.500. The molecular formula is C14H19NO3S. The first-order valence-corrected chi connectivity index (χ1v) is 7.48. The van der Waals surface area contributed by atoms with Crippen molar-refractivity contribution in [1.29, 1.82) is 0 Å². The standard InChI is InChI=1S/C14H19NO3S/c16-6-8-19-13-3-1-12(2-4-13)14(17)15-9-11-5-7-18-10-11/h1-4,11,16H,5-10H2,(H,15,17)/t11-/m0/s1. The van der Waals surface area contributed by atoms with Gasteiger partial charge in [-0.3, -0.25) is 4.79 Å². The van der Waals surface area contributed by atoms with Crippen LogP contribution in [-0.4, -0.2) is 43.1 Å². The molecule has 0 unspecified atom stereocenters. The molecular weight excluding hydrogens is 262 g/mol. The second kappa shape index (κ2) is 7.53. The Bertz CT molecular complexity index is 402. The Hall–Kier alpha value is -1.04. The third-order valence-electron chi connectivity index (χ3n) is 3.05. The molecule has 4 nitrogen and oxygen atoms in total. The molecule has 0 bridgehead atoms. The highest BCUT2D eigenvalue weighted by molar-refractivity contribution is 7.99. The van der Waals surface area contributed by atoms with Crippen LogP contribution in [0.15, 0.2) is 29.2 Å². The number of aliphatic hydroxyl groups is 1. The zero-order valence-corrected chi connectivity index (χ0v) is 11.6. The minimum atomic E-state index is -0.0365. The number of ether oxygens (including phenoxy) is 1. The molecule has 1 amide bonds. The van der Waals surface area contributed by atoms with Crippen molar-refractivity contribution in [2.45, 2.75) is 11.3 Å². The number of rotatable bonds is 6. The van der Waals surface area contributed by atoms with Gasteiger partial charge in [0.05, 0.1) is 13.2 Å². The molecule has 1 aromatic carbocycles. The van der Waals surface area contributed by atoms with Gasteiger partial charge in [-0.15, -0.1) is 11.8 Å². The lowest BCUT2D eigenvalue weighted by Crippen LogP contribution is -2.29. The topological polar surface area (TPSA) is 58.6 Å². The maximum Gasteiger partial charge on any atom is 0.251 e. The first-order chi connectivity index (χ1) is 9.29. The molecule has 1 heterocycles. The number of carbonyl (C=O) groups is 1. The number of nitrogens with one attached hydrogen (secondary N) is 1. The summed E-state index contributed by atoms with van der Waals surface area (Å²) >= 11 is 1.58. The average Bonchev–Trinajstić information content (AvgIpc) is 2.96. The summed E-state index contributed by atoms with van der Waals surface area (Å²) in [5.74, 6) is 1.08. The molecule has 1 aromatic rings. The van der Waals surface area contributed by atoms with Gasteiger partial charge < -0.3 is 15.2 Å². The molecule has 0 saturated carbocycles. The number of amides is 1. The van der Waals surface area contributed by atoms with E-state index in [-0.39, 0.29) is 12.5 Å². The summed E-state index contributed by atoms with van der Waals surface area (Å²) in [7, 11) is 0. The van der Waals surface area contributed by atoms with E-state index >= 15 is 0 Å². The van der Waals surface area contributed by atoms with Gasteiger partial charge in [-0.25, -0.2) is 0 Å². The number of hydrogen-bond donors (Lipinski definition) is 2. The Morgan fingerprint density at radius 1 is 1.42 bits per heavy atom. The van der Waals surface area contributed by atoms with Crippen molar-refractivity contribution in [2.75, 3.05) is 32.1 Å². The number of benzene rings is 1.